The van der Waals surface area contributed by atoms with Gasteiger partial charge in [-0.2, -0.15) is 0 Å². The topological polar surface area (TPSA) is 27.1 Å². The maximum Gasteiger partial charge on any atom is 0.123 e. The standard InChI is InChI=1S/C22H19FN2O/c1-26-20-4-2-3-19(14-20)25-15-24-21-13-17(9-12-22(21)25)6-5-16-7-10-18(23)11-8-16/h2-4,7-15H,5-6H2,1H3. The lowest BCUT2D eigenvalue weighted by Crippen LogP contribution is -1.94. The van der Waals surface area contributed by atoms with Crippen molar-refractivity contribution < 1.29 is 9.13 Å². The number of rotatable bonds is 5. The van der Waals surface area contributed by atoms with Crippen molar-refractivity contribution in [2.24, 2.45) is 0 Å². The first kappa shape index (κ1) is 16.3. The lowest BCUT2D eigenvalue weighted by Gasteiger charge is -2.07. The van der Waals surface area contributed by atoms with Crippen LogP contribution in [-0.4, -0.2) is 16.7 Å². The Hall–Kier alpha value is -3.14. The van der Waals surface area contributed by atoms with Gasteiger partial charge in [0.1, 0.15) is 17.9 Å². The predicted octanol–water partition coefficient (Wildman–Crippen LogP) is 4.96. The molecular weight excluding hydrogens is 327 g/mol. The van der Waals surface area contributed by atoms with Crippen LogP contribution in [0.3, 0.4) is 0 Å². The molecular formula is C22H19FN2O. The Balaban J connectivity index is 1.57. The molecule has 0 aliphatic heterocycles. The Morgan fingerprint density at radius 2 is 1.69 bits per heavy atom. The average molecular weight is 346 g/mol. The number of hydrogen-bond acceptors (Lipinski definition) is 2. The largest absolute Gasteiger partial charge is 0.497 e. The third-order valence-electron chi connectivity index (χ3n) is 4.56. The molecule has 0 aliphatic carbocycles. The van der Waals surface area contributed by atoms with Gasteiger partial charge in [-0.25, -0.2) is 9.37 Å². The van der Waals surface area contributed by atoms with Crippen LogP contribution in [0.15, 0.2) is 73.1 Å². The monoisotopic (exact) mass is 346 g/mol. The van der Waals surface area contributed by atoms with Crippen molar-refractivity contribution in [1.29, 1.82) is 0 Å². The van der Waals surface area contributed by atoms with Gasteiger partial charge in [0.2, 0.25) is 0 Å². The van der Waals surface area contributed by atoms with E-state index in [1.807, 2.05) is 42.7 Å². The lowest BCUT2D eigenvalue weighted by atomic mass is 10.0. The highest BCUT2D eigenvalue weighted by atomic mass is 19.1. The van der Waals surface area contributed by atoms with Gasteiger partial charge in [-0.05, 0) is 60.4 Å². The van der Waals surface area contributed by atoms with Gasteiger partial charge in [-0.1, -0.05) is 24.3 Å². The first-order valence-corrected chi connectivity index (χ1v) is 8.58. The van der Waals surface area contributed by atoms with Gasteiger partial charge >= 0.3 is 0 Å². The highest BCUT2D eigenvalue weighted by Gasteiger charge is 2.07. The van der Waals surface area contributed by atoms with Gasteiger partial charge < -0.3 is 4.74 Å². The zero-order valence-electron chi connectivity index (χ0n) is 14.5. The zero-order valence-corrected chi connectivity index (χ0v) is 14.5. The third kappa shape index (κ3) is 3.31. The first-order chi connectivity index (χ1) is 12.7. The molecule has 3 aromatic carbocycles. The Morgan fingerprint density at radius 3 is 2.50 bits per heavy atom. The summed E-state index contributed by atoms with van der Waals surface area (Å²) in [6, 6.07) is 21.0. The number of methoxy groups -OCH3 is 1. The molecule has 0 radical (unpaired) electrons. The zero-order chi connectivity index (χ0) is 17.9. The Labute approximate surface area is 151 Å². The normalized spacial score (nSPS) is 11.0. The van der Waals surface area contributed by atoms with E-state index in [-0.39, 0.29) is 5.82 Å². The maximum absolute atomic E-state index is 13.0. The minimum Gasteiger partial charge on any atom is -0.497 e. The van der Waals surface area contributed by atoms with E-state index < -0.39 is 0 Å². The van der Waals surface area contributed by atoms with Crippen LogP contribution in [0.2, 0.25) is 0 Å². The molecule has 3 nitrogen and oxygen atoms in total. The van der Waals surface area contributed by atoms with Gasteiger partial charge in [-0.15, -0.1) is 0 Å². The quantitative estimate of drug-likeness (QED) is 0.511. The van der Waals surface area contributed by atoms with Crippen molar-refractivity contribution in [3.8, 4) is 11.4 Å². The lowest BCUT2D eigenvalue weighted by molar-refractivity contribution is 0.414. The molecule has 26 heavy (non-hydrogen) atoms. The minimum atomic E-state index is -0.196. The van der Waals surface area contributed by atoms with Crippen LogP contribution in [0.1, 0.15) is 11.1 Å². The Kier molecular flexibility index (Phi) is 4.40. The summed E-state index contributed by atoms with van der Waals surface area (Å²) in [6.07, 6.45) is 3.61. The summed E-state index contributed by atoms with van der Waals surface area (Å²) in [5, 5.41) is 0. The summed E-state index contributed by atoms with van der Waals surface area (Å²) in [7, 11) is 1.67. The molecule has 0 unspecified atom stereocenters. The SMILES string of the molecule is COc1cccc(-n2cnc3cc(CCc4ccc(F)cc4)ccc32)c1. The van der Waals surface area contributed by atoms with E-state index in [1.54, 1.807) is 7.11 Å². The second-order valence-corrected chi connectivity index (χ2v) is 6.27. The van der Waals surface area contributed by atoms with Gasteiger partial charge in [0.05, 0.1) is 23.8 Å². The summed E-state index contributed by atoms with van der Waals surface area (Å²) >= 11 is 0. The molecule has 0 saturated heterocycles. The highest BCUT2D eigenvalue weighted by molar-refractivity contribution is 5.78. The molecule has 0 atom stereocenters. The number of fused-ring (bicyclic) bond motifs is 1. The number of hydrogen-bond donors (Lipinski definition) is 0. The predicted molar refractivity (Wildman–Crippen MR) is 101 cm³/mol. The fourth-order valence-corrected chi connectivity index (χ4v) is 3.12. The Morgan fingerprint density at radius 1 is 0.923 bits per heavy atom. The summed E-state index contributed by atoms with van der Waals surface area (Å²) in [5.74, 6) is 0.624. The molecule has 0 saturated carbocycles. The molecule has 4 rings (SSSR count). The summed E-state index contributed by atoms with van der Waals surface area (Å²) in [6.45, 7) is 0. The molecule has 4 heteroatoms. The Bertz CT molecular complexity index is 1040. The van der Waals surface area contributed by atoms with Gasteiger partial charge in [-0.3, -0.25) is 4.57 Å². The van der Waals surface area contributed by atoms with Crippen molar-refractivity contribution >= 4 is 11.0 Å². The van der Waals surface area contributed by atoms with E-state index in [9.17, 15) is 4.39 Å². The number of nitrogens with zero attached hydrogens (tertiary/aromatic N) is 2. The number of aromatic nitrogens is 2. The van der Waals surface area contributed by atoms with E-state index in [0.717, 1.165) is 40.9 Å². The molecule has 1 aromatic heterocycles. The van der Waals surface area contributed by atoms with Crippen LogP contribution in [0.25, 0.3) is 16.7 Å². The smallest absolute Gasteiger partial charge is 0.123 e. The number of aryl methyl sites for hydroxylation is 2. The van der Waals surface area contributed by atoms with Crippen molar-refractivity contribution in [2.45, 2.75) is 12.8 Å². The average Bonchev–Trinajstić information content (AvgIpc) is 3.11. The molecule has 0 aliphatic rings. The number of benzene rings is 3. The van der Waals surface area contributed by atoms with E-state index in [4.69, 9.17) is 4.74 Å². The van der Waals surface area contributed by atoms with Crippen LogP contribution >= 0.6 is 0 Å². The van der Waals surface area contributed by atoms with Crippen molar-refractivity contribution in [2.75, 3.05) is 7.11 Å². The summed E-state index contributed by atoms with van der Waals surface area (Å²) < 4.78 is 20.4. The number of imidazole rings is 1. The third-order valence-corrected chi connectivity index (χ3v) is 4.56. The fourth-order valence-electron chi connectivity index (χ4n) is 3.12. The highest BCUT2D eigenvalue weighted by Crippen LogP contribution is 2.23. The molecule has 0 fully saturated rings. The van der Waals surface area contributed by atoms with Crippen LogP contribution in [-0.2, 0) is 12.8 Å². The van der Waals surface area contributed by atoms with Crippen molar-refractivity contribution in [3.63, 3.8) is 0 Å². The summed E-state index contributed by atoms with van der Waals surface area (Å²) in [5.41, 5.74) is 5.39. The summed E-state index contributed by atoms with van der Waals surface area (Å²) in [4.78, 5) is 4.55. The van der Waals surface area contributed by atoms with Crippen molar-refractivity contribution in [1.82, 2.24) is 9.55 Å². The van der Waals surface area contributed by atoms with Crippen LogP contribution in [0.4, 0.5) is 4.39 Å². The van der Waals surface area contributed by atoms with Gasteiger partial charge in [0.25, 0.3) is 0 Å². The van der Waals surface area contributed by atoms with Gasteiger partial charge in [0, 0.05) is 6.07 Å². The van der Waals surface area contributed by atoms with Gasteiger partial charge in [0.15, 0.2) is 0 Å². The van der Waals surface area contributed by atoms with Crippen LogP contribution in [0, 0.1) is 5.82 Å². The van der Waals surface area contributed by atoms with E-state index in [2.05, 4.69) is 27.8 Å². The fraction of sp³-hybridized carbons (Fsp3) is 0.136. The molecule has 0 spiro atoms. The number of halogens is 1. The van der Waals surface area contributed by atoms with Crippen molar-refractivity contribution in [3.05, 3.63) is 90.0 Å². The number of ether oxygens (including phenoxy) is 1. The molecule has 0 bridgehead atoms. The second-order valence-electron chi connectivity index (χ2n) is 6.27. The molecule has 1 heterocycles. The molecule has 0 N–H and O–H groups in total. The molecule has 0 amide bonds. The maximum atomic E-state index is 13.0. The second kappa shape index (κ2) is 7.00. The first-order valence-electron chi connectivity index (χ1n) is 8.58. The minimum absolute atomic E-state index is 0.196. The van der Waals surface area contributed by atoms with E-state index in [1.165, 1.54) is 17.7 Å². The molecule has 130 valence electrons. The van der Waals surface area contributed by atoms with Crippen LogP contribution in [0.5, 0.6) is 5.75 Å². The van der Waals surface area contributed by atoms with Crippen LogP contribution < -0.4 is 4.74 Å². The molecule has 4 aromatic rings. The van der Waals surface area contributed by atoms with E-state index in [0.29, 0.717) is 0 Å². The van der Waals surface area contributed by atoms with E-state index >= 15 is 0 Å².